The fourth-order valence-corrected chi connectivity index (χ4v) is 3.03. The van der Waals surface area contributed by atoms with Gasteiger partial charge in [0.15, 0.2) is 5.13 Å². The van der Waals surface area contributed by atoms with Crippen LogP contribution in [0.25, 0.3) is 0 Å². The molecule has 24 heavy (non-hydrogen) atoms. The fourth-order valence-electron chi connectivity index (χ4n) is 2.49. The van der Waals surface area contributed by atoms with Crippen LogP contribution in [0.3, 0.4) is 0 Å². The molecule has 1 aliphatic carbocycles. The Morgan fingerprint density at radius 2 is 2.08 bits per heavy atom. The standard InChI is InChI=1S/C17H20N4O2S/c1-2-12-5-3-4-6-14(12)19-17(23)21(13-7-8-13)11-15(22)20-16-18-9-10-24-16/h3-6,9-10,13H,2,7-8,11H2,1H3,(H,19,23)(H,18,20,22). The van der Waals surface area contributed by atoms with E-state index in [1.165, 1.54) is 11.3 Å². The number of amides is 3. The molecule has 0 radical (unpaired) electrons. The first kappa shape index (κ1) is 16.4. The maximum Gasteiger partial charge on any atom is 0.322 e. The first-order valence-electron chi connectivity index (χ1n) is 8.02. The average molecular weight is 344 g/mol. The molecule has 1 saturated carbocycles. The number of nitrogens with zero attached hydrogens (tertiary/aromatic N) is 2. The number of rotatable bonds is 6. The van der Waals surface area contributed by atoms with Crippen LogP contribution in [0.5, 0.6) is 0 Å². The Morgan fingerprint density at radius 1 is 1.29 bits per heavy atom. The van der Waals surface area contributed by atoms with Crippen molar-refractivity contribution in [2.75, 3.05) is 17.2 Å². The highest BCUT2D eigenvalue weighted by molar-refractivity contribution is 7.13. The van der Waals surface area contributed by atoms with E-state index in [9.17, 15) is 9.59 Å². The Hall–Kier alpha value is -2.41. The zero-order chi connectivity index (χ0) is 16.9. The minimum absolute atomic E-state index is 0.0321. The monoisotopic (exact) mass is 344 g/mol. The number of urea groups is 1. The first-order chi connectivity index (χ1) is 11.7. The van der Waals surface area contributed by atoms with Gasteiger partial charge in [-0.3, -0.25) is 4.79 Å². The lowest BCUT2D eigenvalue weighted by Gasteiger charge is -2.22. The summed E-state index contributed by atoms with van der Waals surface area (Å²) < 4.78 is 0. The second kappa shape index (κ2) is 7.44. The van der Waals surface area contributed by atoms with Gasteiger partial charge in [-0.15, -0.1) is 11.3 Å². The average Bonchev–Trinajstić information content (AvgIpc) is 3.30. The predicted octanol–water partition coefficient (Wildman–Crippen LogP) is 3.34. The van der Waals surface area contributed by atoms with Gasteiger partial charge in [0.25, 0.3) is 0 Å². The van der Waals surface area contributed by atoms with Gasteiger partial charge in [0.05, 0.1) is 0 Å². The third-order valence-electron chi connectivity index (χ3n) is 3.88. The number of hydrogen-bond acceptors (Lipinski definition) is 4. The van der Waals surface area contributed by atoms with E-state index in [1.807, 2.05) is 31.2 Å². The lowest BCUT2D eigenvalue weighted by atomic mass is 10.1. The van der Waals surface area contributed by atoms with Crippen LogP contribution in [-0.2, 0) is 11.2 Å². The van der Waals surface area contributed by atoms with E-state index in [2.05, 4.69) is 15.6 Å². The molecule has 0 aliphatic heterocycles. The van der Waals surface area contributed by atoms with Crippen LogP contribution in [0, 0.1) is 0 Å². The number of thiazole rings is 1. The molecule has 0 saturated heterocycles. The molecule has 1 heterocycles. The van der Waals surface area contributed by atoms with E-state index in [0.717, 1.165) is 30.5 Å². The van der Waals surface area contributed by atoms with Gasteiger partial charge in [-0.2, -0.15) is 0 Å². The van der Waals surface area contributed by atoms with Gasteiger partial charge in [-0.25, -0.2) is 9.78 Å². The van der Waals surface area contributed by atoms with Gasteiger partial charge in [-0.1, -0.05) is 25.1 Å². The maximum absolute atomic E-state index is 12.6. The van der Waals surface area contributed by atoms with Crippen molar-refractivity contribution in [3.05, 3.63) is 41.4 Å². The summed E-state index contributed by atoms with van der Waals surface area (Å²) in [5, 5.41) is 8.01. The molecule has 6 nitrogen and oxygen atoms in total. The summed E-state index contributed by atoms with van der Waals surface area (Å²) in [5.74, 6) is -0.226. The summed E-state index contributed by atoms with van der Waals surface area (Å²) >= 11 is 1.36. The van der Waals surface area contributed by atoms with Crippen LogP contribution >= 0.6 is 11.3 Å². The van der Waals surface area contributed by atoms with Crippen molar-refractivity contribution in [2.45, 2.75) is 32.2 Å². The quantitative estimate of drug-likeness (QED) is 0.844. The number of para-hydroxylation sites is 1. The lowest BCUT2D eigenvalue weighted by molar-refractivity contribution is -0.116. The SMILES string of the molecule is CCc1ccccc1NC(=O)N(CC(=O)Nc1nccs1)C1CC1. The van der Waals surface area contributed by atoms with E-state index in [-0.39, 0.29) is 24.5 Å². The normalized spacial score (nSPS) is 13.4. The molecule has 2 aromatic rings. The molecule has 0 spiro atoms. The van der Waals surface area contributed by atoms with Crippen LogP contribution in [0.4, 0.5) is 15.6 Å². The van der Waals surface area contributed by atoms with Gasteiger partial charge in [0, 0.05) is 23.3 Å². The van der Waals surface area contributed by atoms with E-state index in [4.69, 9.17) is 0 Å². The third-order valence-corrected chi connectivity index (χ3v) is 4.57. The highest BCUT2D eigenvalue weighted by Gasteiger charge is 2.34. The minimum atomic E-state index is -0.229. The topological polar surface area (TPSA) is 74.3 Å². The highest BCUT2D eigenvalue weighted by atomic mass is 32.1. The Kier molecular flexibility index (Phi) is 5.10. The molecule has 2 N–H and O–H groups in total. The van der Waals surface area contributed by atoms with Crippen molar-refractivity contribution in [1.29, 1.82) is 0 Å². The molecule has 3 rings (SSSR count). The second-order valence-electron chi connectivity index (χ2n) is 5.69. The molecule has 3 amide bonds. The number of anilines is 2. The van der Waals surface area contributed by atoms with Crippen LogP contribution in [0.2, 0.25) is 0 Å². The van der Waals surface area contributed by atoms with Crippen molar-refractivity contribution in [2.24, 2.45) is 0 Å². The van der Waals surface area contributed by atoms with Crippen LogP contribution in [-0.4, -0.2) is 34.4 Å². The largest absolute Gasteiger partial charge is 0.322 e. The minimum Gasteiger partial charge on any atom is -0.312 e. The predicted molar refractivity (Wildman–Crippen MR) is 95.3 cm³/mol. The molecular formula is C17H20N4O2S. The smallest absolute Gasteiger partial charge is 0.312 e. The number of hydrogen-bond donors (Lipinski definition) is 2. The summed E-state index contributed by atoms with van der Waals surface area (Å²) in [4.78, 5) is 30.4. The second-order valence-corrected chi connectivity index (χ2v) is 6.58. The summed E-state index contributed by atoms with van der Waals surface area (Å²) in [6.07, 6.45) is 4.35. The van der Waals surface area contributed by atoms with Gasteiger partial charge in [0.1, 0.15) is 6.54 Å². The Bertz CT molecular complexity index is 713. The van der Waals surface area contributed by atoms with Gasteiger partial charge >= 0.3 is 6.03 Å². The van der Waals surface area contributed by atoms with E-state index < -0.39 is 0 Å². The van der Waals surface area contributed by atoms with Crippen LogP contribution in [0.15, 0.2) is 35.8 Å². The Labute approximate surface area is 144 Å². The van der Waals surface area contributed by atoms with Crippen molar-refractivity contribution in [3.8, 4) is 0 Å². The molecule has 1 aromatic carbocycles. The maximum atomic E-state index is 12.6. The molecule has 1 aliphatic rings. The Morgan fingerprint density at radius 3 is 2.75 bits per heavy atom. The summed E-state index contributed by atoms with van der Waals surface area (Å²) in [6, 6.07) is 7.64. The first-order valence-corrected chi connectivity index (χ1v) is 8.90. The van der Waals surface area contributed by atoms with Gasteiger partial charge < -0.3 is 15.5 Å². The summed E-state index contributed by atoms with van der Waals surface area (Å²) in [5.41, 5.74) is 1.88. The van der Waals surface area contributed by atoms with Crippen molar-refractivity contribution in [1.82, 2.24) is 9.88 Å². The van der Waals surface area contributed by atoms with E-state index >= 15 is 0 Å². The molecule has 1 aromatic heterocycles. The van der Waals surface area contributed by atoms with Crippen LogP contribution < -0.4 is 10.6 Å². The van der Waals surface area contributed by atoms with Crippen molar-refractivity contribution < 1.29 is 9.59 Å². The molecular weight excluding hydrogens is 324 g/mol. The van der Waals surface area contributed by atoms with Crippen molar-refractivity contribution in [3.63, 3.8) is 0 Å². The number of carbonyl (C=O) groups is 2. The number of carbonyl (C=O) groups excluding carboxylic acids is 2. The summed E-state index contributed by atoms with van der Waals surface area (Å²) in [6.45, 7) is 2.08. The van der Waals surface area contributed by atoms with Crippen LogP contribution in [0.1, 0.15) is 25.3 Å². The molecule has 0 atom stereocenters. The van der Waals surface area contributed by atoms with E-state index in [1.54, 1.807) is 16.5 Å². The molecule has 1 fully saturated rings. The molecule has 126 valence electrons. The zero-order valence-corrected chi connectivity index (χ0v) is 14.3. The van der Waals surface area contributed by atoms with Gasteiger partial charge in [-0.05, 0) is 30.9 Å². The number of aryl methyl sites for hydroxylation is 1. The number of aromatic nitrogens is 1. The lowest BCUT2D eigenvalue weighted by Crippen LogP contribution is -2.42. The molecule has 0 unspecified atom stereocenters. The van der Waals surface area contributed by atoms with Crippen molar-refractivity contribution >= 4 is 34.1 Å². The molecule has 7 heteroatoms. The molecule has 0 bridgehead atoms. The van der Waals surface area contributed by atoms with Gasteiger partial charge in [0.2, 0.25) is 5.91 Å². The fraction of sp³-hybridized carbons (Fsp3) is 0.353. The Balaban J connectivity index is 1.64. The summed E-state index contributed by atoms with van der Waals surface area (Å²) in [7, 11) is 0. The number of benzene rings is 1. The van der Waals surface area contributed by atoms with E-state index in [0.29, 0.717) is 5.13 Å². The third kappa shape index (κ3) is 4.11. The zero-order valence-electron chi connectivity index (χ0n) is 13.5. The highest BCUT2D eigenvalue weighted by Crippen LogP contribution is 2.28. The number of nitrogens with one attached hydrogen (secondary N) is 2.